The number of benzene rings is 1. The topological polar surface area (TPSA) is 40.5 Å². The zero-order valence-electron chi connectivity index (χ0n) is 17.6. The first-order valence-corrected chi connectivity index (χ1v) is 11.3. The Balaban J connectivity index is 1.46. The molecule has 4 aliphatic rings. The van der Waals surface area contributed by atoms with Gasteiger partial charge in [-0.15, -0.1) is 0 Å². The van der Waals surface area contributed by atoms with Gasteiger partial charge in [0.05, 0.1) is 12.2 Å². The van der Waals surface area contributed by atoms with Crippen LogP contribution in [0.1, 0.15) is 64.4 Å². The van der Waals surface area contributed by atoms with Gasteiger partial charge in [-0.2, -0.15) is 0 Å². The Morgan fingerprint density at radius 2 is 1.76 bits per heavy atom. The van der Waals surface area contributed by atoms with E-state index in [1.807, 2.05) is 0 Å². The first-order valence-electron chi connectivity index (χ1n) is 11.3. The van der Waals surface area contributed by atoms with Crippen molar-refractivity contribution in [1.82, 2.24) is 0 Å². The number of rotatable bonds is 1. The lowest BCUT2D eigenvalue weighted by atomic mass is 9.48. The summed E-state index contributed by atoms with van der Waals surface area (Å²) in [5, 5.41) is 21.5. The molecule has 0 bridgehead atoms. The van der Waals surface area contributed by atoms with Crippen LogP contribution in [0.25, 0.3) is 6.08 Å². The third kappa shape index (κ3) is 2.96. The van der Waals surface area contributed by atoms with Crippen molar-refractivity contribution in [2.24, 2.45) is 28.6 Å². The van der Waals surface area contributed by atoms with E-state index in [-0.39, 0.29) is 22.8 Å². The number of aliphatic hydroxyl groups is 2. The summed E-state index contributed by atoms with van der Waals surface area (Å²) < 4.78 is 13.3. The Kier molecular flexibility index (Phi) is 4.56. The van der Waals surface area contributed by atoms with Crippen molar-refractivity contribution in [3.8, 4) is 0 Å². The normalized spacial score (nSPS) is 45.3. The first kappa shape index (κ1) is 19.5. The Labute approximate surface area is 173 Å². The van der Waals surface area contributed by atoms with Gasteiger partial charge in [0.2, 0.25) is 0 Å². The van der Waals surface area contributed by atoms with E-state index >= 15 is 0 Å². The lowest BCUT2D eigenvalue weighted by Crippen LogP contribution is -2.51. The summed E-state index contributed by atoms with van der Waals surface area (Å²) in [5.41, 5.74) is 3.73. The number of allylic oxidation sites excluding steroid dienone is 1. The molecular weight excluding hydrogens is 363 g/mol. The molecule has 0 radical (unpaired) electrons. The van der Waals surface area contributed by atoms with Gasteiger partial charge in [0.15, 0.2) is 0 Å². The molecule has 3 fully saturated rings. The molecule has 5 rings (SSSR count). The minimum atomic E-state index is -0.412. The molecule has 0 aromatic heterocycles. The quantitative estimate of drug-likeness (QED) is 0.615. The van der Waals surface area contributed by atoms with Crippen LogP contribution in [0.15, 0.2) is 41.5 Å². The molecule has 0 amide bonds. The van der Waals surface area contributed by atoms with Gasteiger partial charge in [-0.25, -0.2) is 4.39 Å². The van der Waals surface area contributed by atoms with Gasteiger partial charge in [0, 0.05) is 5.41 Å². The highest BCUT2D eigenvalue weighted by molar-refractivity contribution is 5.55. The summed E-state index contributed by atoms with van der Waals surface area (Å²) in [6.45, 7) is 4.72. The summed E-state index contributed by atoms with van der Waals surface area (Å²) >= 11 is 0. The van der Waals surface area contributed by atoms with Gasteiger partial charge in [-0.3, -0.25) is 0 Å². The summed E-state index contributed by atoms with van der Waals surface area (Å²) in [4.78, 5) is 0. The van der Waals surface area contributed by atoms with Crippen LogP contribution in [0.3, 0.4) is 0 Å². The SMILES string of the molecule is C[C@@]12CC[C@H]3[C@@H](CC=C4C[C@H](O)CC[C@@]43C)[C@H]1C/C(=C\c1ccc(F)cc1)[C@@H]2O. The summed E-state index contributed by atoms with van der Waals surface area (Å²) in [6, 6.07) is 6.58. The second kappa shape index (κ2) is 6.78. The smallest absolute Gasteiger partial charge is 0.123 e. The zero-order valence-corrected chi connectivity index (χ0v) is 17.6. The Morgan fingerprint density at radius 1 is 1.00 bits per heavy atom. The number of halogens is 1. The number of fused-ring (bicyclic) bond motifs is 5. The molecule has 3 saturated carbocycles. The second-order valence-electron chi connectivity index (χ2n) is 10.6. The van der Waals surface area contributed by atoms with Gasteiger partial charge < -0.3 is 10.2 Å². The lowest BCUT2D eigenvalue weighted by molar-refractivity contribution is -0.0685. The first-order chi connectivity index (χ1) is 13.8. The molecule has 0 aliphatic heterocycles. The maximum Gasteiger partial charge on any atom is 0.123 e. The fourth-order valence-corrected chi connectivity index (χ4v) is 7.41. The lowest BCUT2D eigenvalue weighted by Gasteiger charge is -2.57. The minimum absolute atomic E-state index is 0.0666. The third-order valence-electron chi connectivity index (χ3n) is 9.17. The van der Waals surface area contributed by atoms with Crippen LogP contribution in [0.4, 0.5) is 4.39 Å². The molecule has 3 heteroatoms. The van der Waals surface area contributed by atoms with Crippen LogP contribution < -0.4 is 0 Å². The maximum atomic E-state index is 13.3. The fraction of sp³-hybridized carbons (Fsp3) is 0.615. The summed E-state index contributed by atoms with van der Waals surface area (Å²) in [6.07, 6.45) is 11.0. The predicted molar refractivity (Wildman–Crippen MR) is 113 cm³/mol. The van der Waals surface area contributed by atoms with Crippen LogP contribution in [0.5, 0.6) is 0 Å². The van der Waals surface area contributed by atoms with Crippen LogP contribution in [-0.2, 0) is 0 Å². The van der Waals surface area contributed by atoms with Crippen molar-refractivity contribution in [3.63, 3.8) is 0 Å². The summed E-state index contributed by atoms with van der Waals surface area (Å²) in [7, 11) is 0. The molecule has 1 aromatic carbocycles. The van der Waals surface area contributed by atoms with E-state index in [1.54, 1.807) is 12.1 Å². The monoisotopic (exact) mass is 396 g/mol. The van der Waals surface area contributed by atoms with E-state index in [1.165, 1.54) is 24.1 Å². The molecule has 1 aromatic rings. The Morgan fingerprint density at radius 3 is 2.52 bits per heavy atom. The van der Waals surface area contributed by atoms with Crippen molar-refractivity contribution < 1.29 is 14.6 Å². The minimum Gasteiger partial charge on any atom is -0.393 e. The number of aliphatic hydroxyl groups excluding tert-OH is 2. The average molecular weight is 397 g/mol. The van der Waals surface area contributed by atoms with Crippen LogP contribution in [0.2, 0.25) is 0 Å². The van der Waals surface area contributed by atoms with E-state index < -0.39 is 6.10 Å². The molecule has 0 spiro atoms. The highest BCUT2D eigenvalue weighted by Crippen LogP contribution is 2.65. The fourth-order valence-electron chi connectivity index (χ4n) is 7.41. The Bertz CT molecular complexity index is 856. The molecule has 2 N–H and O–H groups in total. The van der Waals surface area contributed by atoms with Crippen molar-refractivity contribution in [2.45, 2.75) is 71.0 Å². The predicted octanol–water partition coefficient (Wildman–Crippen LogP) is 5.50. The molecule has 156 valence electrons. The molecule has 0 saturated heterocycles. The van der Waals surface area contributed by atoms with Crippen molar-refractivity contribution in [3.05, 3.63) is 52.9 Å². The average Bonchev–Trinajstić information content (AvgIpc) is 2.95. The number of hydrogen-bond donors (Lipinski definition) is 2. The standard InChI is InChI=1S/C26H33FO2/c1-25-11-9-20(28)15-18(25)5-8-21-22(25)10-12-26(2)23(21)14-17(24(26)29)13-16-3-6-19(27)7-4-16/h3-7,13,20-24,28-29H,8-12,14-15H2,1-2H3/b17-13+/t20-,21-,22+,23-,24+,25+,26-/m1/s1. The maximum absolute atomic E-state index is 13.3. The Hall–Kier alpha value is -1.45. The number of hydrogen-bond acceptors (Lipinski definition) is 2. The largest absolute Gasteiger partial charge is 0.393 e. The highest BCUT2D eigenvalue weighted by atomic mass is 19.1. The van der Waals surface area contributed by atoms with Crippen LogP contribution in [0, 0.1) is 34.4 Å². The van der Waals surface area contributed by atoms with Crippen LogP contribution >= 0.6 is 0 Å². The molecular formula is C26H33FO2. The molecule has 0 unspecified atom stereocenters. The molecule has 2 nitrogen and oxygen atoms in total. The molecule has 4 aliphatic carbocycles. The van der Waals surface area contributed by atoms with Crippen molar-refractivity contribution in [1.29, 1.82) is 0 Å². The van der Waals surface area contributed by atoms with Crippen molar-refractivity contribution >= 4 is 6.08 Å². The second-order valence-corrected chi connectivity index (χ2v) is 10.6. The third-order valence-corrected chi connectivity index (χ3v) is 9.17. The van der Waals surface area contributed by atoms with Gasteiger partial charge >= 0.3 is 0 Å². The summed E-state index contributed by atoms with van der Waals surface area (Å²) in [5.74, 6) is 1.53. The van der Waals surface area contributed by atoms with E-state index in [9.17, 15) is 14.6 Å². The van der Waals surface area contributed by atoms with E-state index in [2.05, 4.69) is 26.0 Å². The van der Waals surface area contributed by atoms with E-state index in [0.717, 1.165) is 49.7 Å². The van der Waals surface area contributed by atoms with Gasteiger partial charge in [0.1, 0.15) is 5.82 Å². The van der Waals surface area contributed by atoms with E-state index in [4.69, 9.17) is 0 Å². The van der Waals surface area contributed by atoms with Crippen molar-refractivity contribution in [2.75, 3.05) is 0 Å². The highest BCUT2D eigenvalue weighted by Gasteiger charge is 2.59. The van der Waals surface area contributed by atoms with E-state index in [0.29, 0.717) is 17.8 Å². The molecule has 7 atom stereocenters. The van der Waals surface area contributed by atoms with Gasteiger partial charge in [-0.05, 0) is 91.4 Å². The zero-order chi connectivity index (χ0) is 20.4. The van der Waals surface area contributed by atoms with Gasteiger partial charge in [0.25, 0.3) is 0 Å². The molecule has 29 heavy (non-hydrogen) atoms. The van der Waals surface area contributed by atoms with Gasteiger partial charge in [-0.1, -0.05) is 43.7 Å². The van der Waals surface area contributed by atoms with Crippen LogP contribution in [-0.4, -0.2) is 22.4 Å². The molecule has 0 heterocycles.